The summed E-state index contributed by atoms with van der Waals surface area (Å²) in [7, 11) is 0. The first-order valence-corrected chi connectivity index (χ1v) is 3.86. The van der Waals surface area contributed by atoms with Gasteiger partial charge in [0.2, 0.25) is 0 Å². The van der Waals surface area contributed by atoms with Crippen LogP contribution in [-0.4, -0.2) is 16.9 Å². The molecule has 0 aromatic heterocycles. The Morgan fingerprint density at radius 3 is 2.33 bits per heavy atom. The highest BCUT2D eigenvalue weighted by Crippen LogP contribution is 1.94. The lowest BCUT2D eigenvalue weighted by molar-refractivity contribution is -0.125. The molecule has 0 saturated heterocycles. The van der Waals surface area contributed by atoms with Crippen LogP contribution in [-0.2, 0) is 9.59 Å². The summed E-state index contributed by atoms with van der Waals surface area (Å²) in [6.07, 6.45) is 0.547. The fourth-order valence-electron chi connectivity index (χ4n) is 0.471. The van der Waals surface area contributed by atoms with Crippen LogP contribution in [0.25, 0.3) is 0 Å². The van der Waals surface area contributed by atoms with Gasteiger partial charge in [-0.15, -0.1) is 0 Å². The van der Waals surface area contributed by atoms with Gasteiger partial charge in [-0.05, 0) is 6.92 Å². The second-order valence-electron chi connectivity index (χ2n) is 1.86. The van der Waals surface area contributed by atoms with E-state index in [-0.39, 0.29) is 18.0 Å². The zero-order valence-electron chi connectivity index (χ0n) is 5.32. The summed E-state index contributed by atoms with van der Waals surface area (Å²) in [5.41, 5.74) is 0. The molecule has 0 unspecified atom stereocenters. The topological polar surface area (TPSA) is 34.1 Å². The van der Waals surface area contributed by atoms with Crippen LogP contribution in [0.1, 0.15) is 19.8 Å². The number of hydrogen-bond acceptors (Lipinski definition) is 2. The highest BCUT2D eigenvalue weighted by Gasteiger charge is 2.02. The number of Topliss-reactive ketones (excluding diaryl/α,β-unsaturated/α-hetero) is 2. The molecular formula is C6H9BrO2. The maximum atomic E-state index is 10.6. The molecule has 0 N–H and O–H groups in total. The van der Waals surface area contributed by atoms with Crippen molar-refractivity contribution in [3.05, 3.63) is 0 Å². The summed E-state index contributed by atoms with van der Waals surface area (Å²) < 4.78 is 0. The highest BCUT2D eigenvalue weighted by molar-refractivity contribution is 9.09. The lowest BCUT2D eigenvalue weighted by atomic mass is 10.2. The molecule has 0 bridgehead atoms. The molecule has 2 nitrogen and oxygen atoms in total. The molecule has 0 aliphatic heterocycles. The molecule has 0 aromatic carbocycles. The Morgan fingerprint density at radius 1 is 1.44 bits per heavy atom. The fourth-order valence-corrected chi connectivity index (χ4v) is 0.914. The third-order valence-electron chi connectivity index (χ3n) is 0.819. The molecule has 0 rings (SSSR count). The predicted molar refractivity (Wildman–Crippen MR) is 38.7 cm³/mol. The van der Waals surface area contributed by atoms with Crippen LogP contribution < -0.4 is 0 Å². The first kappa shape index (κ1) is 8.82. The second kappa shape index (κ2) is 4.68. The lowest BCUT2D eigenvalue weighted by Crippen LogP contribution is -2.03. The van der Waals surface area contributed by atoms with Crippen molar-refractivity contribution >= 4 is 27.5 Å². The molecular weight excluding hydrogens is 184 g/mol. The third-order valence-corrected chi connectivity index (χ3v) is 1.22. The van der Waals surface area contributed by atoms with E-state index in [1.165, 1.54) is 6.92 Å². The SMILES string of the molecule is CC(=O)CC(=O)CCBr. The molecule has 0 fully saturated rings. The van der Waals surface area contributed by atoms with Gasteiger partial charge in [-0.25, -0.2) is 0 Å². The Kier molecular flexibility index (Phi) is 4.58. The number of carbonyl (C=O) groups excluding carboxylic acids is 2. The van der Waals surface area contributed by atoms with Gasteiger partial charge in [0, 0.05) is 11.8 Å². The van der Waals surface area contributed by atoms with Gasteiger partial charge in [-0.3, -0.25) is 9.59 Å². The Bertz CT molecular complexity index is 120. The van der Waals surface area contributed by atoms with E-state index < -0.39 is 0 Å². The molecule has 0 aliphatic carbocycles. The van der Waals surface area contributed by atoms with Crippen molar-refractivity contribution in [3.63, 3.8) is 0 Å². The van der Waals surface area contributed by atoms with Gasteiger partial charge < -0.3 is 0 Å². The summed E-state index contributed by atoms with van der Waals surface area (Å²) in [5.74, 6) is -0.0414. The number of carbonyl (C=O) groups is 2. The first-order chi connectivity index (χ1) is 4.16. The molecule has 3 heteroatoms. The van der Waals surface area contributed by atoms with Crippen LogP contribution >= 0.6 is 15.9 Å². The van der Waals surface area contributed by atoms with Gasteiger partial charge in [-0.2, -0.15) is 0 Å². The molecule has 0 amide bonds. The van der Waals surface area contributed by atoms with Crippen molar-refractivity contribution in [3.8, 4) is 0 Å². The quantitative estimate of drug-likeness (QED) is 0.498. The zero-order valence-corrected chi connectivity index (χ0v) is 6.90. The summed E-state index contributed by atoms with van der Waals surface area (Å²) in [6, 6.07) is 0. The van der Waals surface area contributed by atoms with Gasteiger partial charge in [0.25, 0.3) is 0 Å². The minimum atomic E-state index is -0.0547. The maximum absolute atomic E-state index is 10.6. The van der Waals surface area contributed by atoms with Crippen LogP contribution in [0.5, 0.6) is 0 Å². The lowest BCUT2D eigenvalue weighted by Gasteiger charge is -1.90. The molecule has 0 atom stereocenters. The van der Waals surface area contributed by atoms with E-state index in [2.05, 4.69) is 15.9 Å². The molecule has 9 heavy (non-hydrogen) atoms. The minimum Gasteiger partial charge on any atom is -0.300 e. The standard InChI is InChI=1S/C6H9BrO2/c1-5(8)4-6(9)2-3-7/h2-4H2,1H3. The van der Waals surface area contributed by atoms with Crippen molar-refractivity contribution in [2.24, 2.45) is 0 Å². The summed E-state index contributed by atoms with van der Waals surface area (Å²) in [5, 5.41) is 0.652. The first-order valence-electron chi connectivity index (χ1n) is 2.74. The van der Waals surface area contributed by atoms with E-state index in [0.717, 1.165) is 0 Å². The van der Waals surface area contributed by atoms with Gasteiger partial charge in [0.1, 0.15) is 11.6 Å². The molecule has 0 saturated carbocycles. The number of alkyl halides is 1. The van der Waals surface area contributed by atoms with Crippen LogP contribution in [0.2, 0.25) is 0 Å². The predicted octanol–water partition coefficient (Wildman–Crippen LogP) is 1.32. The number of ketones is 2. The van der Waals surface area contributed by atoms with Crippen molar-refractivity contribution in [2.45, 2.75) is 19.8 Å². The minimum absolute atomic E-state index is 0.0133. The highest BCUT2D eigenvalue weighted by atomic mass is 79.9. The van der Waals surface area contributed by atoms with Crippen molar-refractivity contribution < 1.29 is 9.59 Å². The number of halogens is 1. The van der Waals surface area contributed by atoms with Gasteiger partial charge in [0.05, 0.1) is 6.42 Å². The molecule has 0 radical (unpaired) electrons. The largest absolute Gasteiger partial charge is 0.300 e. The Balaban J connectivity index is 3.39. The number of hydrogen-bond donors (Lipinski definition) is 0. The average molecular weight is 193 g/mol. The Labute approximate surface area is 62.8 Å². The van der Waals surface area contributed by atoms with E-state index in [1.807, 2.05) is 0 Å². The normalized spacial score (nSPS) is 9.11. The van der Waals surface area contributed by atoms with Crippen molar-refractivity contribution in [1.29, 1.82) is 0 Å². The zero-order chi connectivity index (χ0) is 7.28. The monoisotopic (exact) mass is 192 g/mol. The molecule has 52 valence electrons. The molecule has 0 aliphatic rings. The van der Waals surface area contributed by atoms with Gasteiger partial charge in [0.15, 0.2) is 0 Å². The average Bonchev–Trinajstić information content (AvgIpc) is 1.63. The van der Waals surface area contributed by atoms with E-state index in [1.54, 1.807) is 0 Å². The Hall–Kier alpha value is -0.180. The fraction of sp³-hybridized carbons (Fsp3) is 0.667. The van der Waals surface area contributed by atoms with Crippen molar-refractivity contribution in [1.82, 2.24) is 0 Å². The van der Waals surface area contributed by atoms with E-state index in [9.17, 15) is 9.59 Å². The van der Waals surface area contributed by atoms with Crippen LogP contribution in [0.4, 0.5) is 0 Å². The number of rotatable bonds is 4. The summed E-state index contributed by atoms with van der Waals surface area (Å²) in [6.45, 7) is 1.42. The van der Waals surface area contributed by atoms with Gasteiger partial charge in [-0.1, -0.05) is 15.9 Å². The molecule has 0 aromatic rings. The Morgan fingerprint density at radius 2 is 2.00 bits per heavy atom. The van der Waals surface area contributed by atoms with Gasteiger partial charge >= 0.3 is 0 Å². The van der Waals surface area contributed by atoms with E-state index in [0.29, 0.717) is 11.8 Å². The van der Waals surface area contributed by atoms with E-state index in [4.69, 9.17) is 0 Å². The van der Waals surface area contributed by atoms with Crippen LogP contribution in [0.15, 0.2) is 0 Å². The van der Waals surface area contributed by atoms with Crippen LogP contribution in [0, 0.1) is 0 Å². The van der Waals surface area contributed by atoms with E-state index >= 15 is 0 Å². The smallest absolute Gasteiger partial charge is 0.141 e. The maximum Gasteiger partial charge on any atom is 0.141 e. The molecule has 0 heterocycles. The summed E-state index contributed by atoms with van der Waals surface area (Å²) in [4.78, 5) is 20.9. The van der Waals surface area contributed by atoms with Crippen LogP contribution in [0.3, 0.4) is 0 Å². The van der Waals surface area contributed by atoms with Crippen molar-refractivity contribution in [2.75, 3.05) is 5.33 Å². The summed E-state index contributed by atoms with van der Waals surface area (Å²) >= 11 is 3.11. The second-order valence-corrected chi connectivity index (χ2v) is 2.65. The molecule has 0 spiro atoms. The third kappa shape index (κ3) is 5.69.